The Morgan fingerprint density at radius 1 is 1.40 bits per heavy atom. The number of carbonyl (C=O) groups is 1. The van der Waals surface area contributed by atoms with Crippen LogP contribution >= 0.6 is 10.7 Å². The minimum atomic E-state index is -3.79. The molecule has 0 aliphatic carbocycles. The molecule has 1 amide bonds. The average Bonchev–Trinajstić information content (AvgIpc) is 2.41. The van der Waals surface area contributed by atoms with Gasteiger partial charge in [-0.15, -0.1) is 0 Å². The van der Waals surface area contributed by atoms with E-state index in [1.54, 1.807) is 7.05 Å². The number of azide groups is 1. The lowest BCUT2D eigenvalue weighted by molar-refractivity contribution is 0.0794. The molecule has 1 aromatic carbocycles. The Bertz CT molecular complexity index is 624. The molecule has 7 nitrogen and oxygen atoms in total. The van der Waals surface area contributed by atoms with Gasteiger partial charge in [0.25, 0.3) is 15.0 Å². The van der Waals surface area contributed by atoms with E-state index in [4.69, 9.17) is 16.2 Å². The van der Waals surface area contributed by atoms with E-state index in [1.165, 1.54) is 29.2 Å². The van der Waals surface area contributed by atoms with Crippen LogP contribution in [0.15, 0.2) is 34.3 Å². The number of benzene rings is 1. The molecule has 0 saturated carbocycles. The Hall–Kier alpha value is -1.76. The van der Waals surface area contributed by atoms with E-state index in [2.05, 4.69) is 10.0 Å². The highest BCUT2D eigenvalue weighted by molar-refractivity contribution is 8.13. The van der Waals surface area contributed by atoms with Crippen LogP contribution in [0.3, 0.4) is 0 Å². The Morgan fingerprint density at radius 2 is 2.00 bits per heavy atom. The fourth-order valence-corrected chi connectivity index (χ4v) is 2.28. The highest BCUT2D eigenvalue weighted by Crippen LogP contribution is 2.16. The highest BCUT2D eigenvalue weighted by Gasteiger charge is 2.14. The molecule has 108 valence electrons. The molecule has 0 fully saturated rings. The van der Waals surface area contributed by atoms with Crippen LogP contribution in [-0.4, -0.2) is 39.4 Å². The van der Waals surface area contributed by atoms with Crippen LogP contribution in [0.1, 0.15) is 16.8 Å². The van der Waals surface area contributed by atoms with Crippen molar-refractivity contribution < 1.29 is 13.2 Å². The van der Waals surface area contributed by atoms with E-state index in [0.717, 1.165) is 0 Å². The summed E-state index contributed by atoms with van der Waals surface area (Å²) in [4.78, 5) is 16.0. The van der Waals surface area contributed by atoms with Gasteiger partial charge in [0.1, 0.15) is 0 Å². The van der Waals surface area contributed by atoms with Gasteiger partial charge in [-0.05, 0) is 36.2 Å². The van der Waals surface area contributed by atoms with Gasteiger partial charge in [-0.25, -0.2) is 8.42 Å². The molecule has 0 bridgehead atoms. The molecular formula is C11H13ClN4O3S. The lowest BCUT2D eigenvalue weighted by Crippen LogP contribution is -2.28. The molecule has 1 aromatic rings. The van der Waals surface area contributed by atoms with E-state index >= 15 is 0 Å². The maximum atomic E-state index is 12.0. The van der Waals surface area contributed by atoms with Crippen LogP contribution in [0.2, 0.25) is 0 Å². The SMILES string of the molecule is CN(CCCN=[N+]=[N-])C(=O)c1ccc(S(=O)(=O)Cl)cc1. The van der Waals surface area contributed by atoms with Gasteiger partial charge in [0.05, 0.1) is 4.90 Å². The Balaban J connectivity index is 2.70. The number of hydrogen-bond donors (Lipinski definition) is 0. The summed E-state index contributed by atoms with van der Waals surface area (Å²) < 4.78 is 22.2. The first kappa shape index (κ1) is 16.3. The van der Waals surface area contributed by atoms with E-state index in [-0.39, 0.29) is 10.8 Å². The Morgan fingerprint density at radius 3 is 2.50 bits per heavy atom. The third-order valence-electron chi connectivity index (χ3n) is 2.54. The standard InChI is InChI=1S/C11H13ClN4O3S/c1-16(8-2-7-14-15-13)11(17)9-3-5-10(6-4-9)20(12,18)19/h3-6H,2,7-8H2,1H3. The number of rotatable bonds is 6. The molecule has 9 heteroatoms. The van der Waals surface area contributed by atoms with Gasteiger partial charge >= 0.3 is 0 Å². The smallest absolute Gasteiger partial charge is 0.261 e. The molecule has 0 unspecified atom stereocenters. The van der Waals surface area contributed by atoms with Crippen molar-refractivity contribution >= 4 is 25.6 Å². The fraction of sp³-hybridized carbons (Fsp3) is 0.364. The van der Waals surface area contributed by atoms with Gasteiger partial charge in [0.15, 0.2) is 0 Å². The number of amides is 1. The number of carbonyl (C=O) groups excluding carboxylic acids is 1. The summed E-state index contributed by atoms with van der Waals surface area (Å²) in [5.74, 6) is -0.246. The normalized spacial score (nSPS) is 10.7. The maximum absolute atomic E-state index is 12.0. The lowest BCUT2D eigenvalue weighted by Gasteiger charge is -2.16. The van der Waals surface area contributed by atoms with Crippen LogP contribution in [0, 0.1) is 0 Å². The van der Waals surface area contributed by atoms with Crippen molar-refractivity contribution in [2.24, 2.45) is 5.11 Å². The average molecular weight is 317 g/mol. The first-order chi connectivity index (χ1) is 9.36. The summed E-state index contributed by atoms with van der Waals surface area (Å²) in [6.45, 7) is 0.755. The van der Waals surface area contributed by atoms with Crippen LogP contribution in [-0.2, 0) is 9.05 Å². The van der Waals surface area contributed by atoms with E-state index in [9.17, 15) is 13.2 Å². The second-order valence-electron chi connectivity index (χ2n) is 4.00. The fourth-order valence-electron chi connectivity index (χ4n) is 1.51. The third kappa shape index (κ3) is 4.73. The first-order valence-corrected chi connectivity index (χ1v) is 7.98. The summed E-state index contributed by atoms with van der Waals surface area (Å²) in [5, 5.41) is 3.38. The van der Waals surface area contributed by atoms with Crippen molar-refractivity contribution in [1.29, 1.82) is 0 Å². The van der Waals surface area contributed by atoms with Gasteiger partial charge in [0.2, 0.25) is 0 Å². The van der Waals surface area contributed by atoms with Crippen LogP contribution in [0.5, 0.6) is 0 Å². The molecule has 0 saturated heterocycles. The monoisotopic (exact) mass is 316 g/mol. The van der Waals surface area contributed by atoms with Crippen LogP contribution < -0.4 is 0 Å². The minimum Gasteiger partial charge on any atom is -0.342 e. The van der Waals surface area contributed by atoms with Crippen LogP contribution in [0.4, 0.5) is 0 Å². The second-order valence-corrected chi connectivity index (χ2v) is 6.56. The zero-order chi connectivity index (χ0) is 15.2. The summed E-state index contributed by atoms with van der Waals surface area (Å²) in [6, 6.07) is 5.37. The minimum absolute atomic E-state index is 0.0540. The van der Waals surface area contributed by atoms with Crippen molar-refractivity contribution in [3.05, 3.63) is 40.3 Å². The lowest BCUT2D eigenvalue weighted by atomic mass is 10.2. The molecule has 0 radical (unpaired) electrons. The predicted molar refractivity (Wildman–Crippen MR) is 75.1 cm³/mol. The number of hydrogen-bond acceptors (Lipinski definition) is 4. The highest BCUT2D eigenvalue weighted by atomic mass is 35.7. The van der Waals surface area contributed by atoms with Crippen molar-refractivity contribution in [2.45, 2.75) is 11.3 Å². The van der Waals surface area contributed by atoms with Gasteiger partial charge in [0, 0.05) is 41.3 Å². The quantitative estimate of drug-likeness (QED) is 0.264. The van der Waals surface area contributed by atoms with Crippen molar-refractivity contribution in [1.82, 2.24) is 4.90 Å². The van der Waals surface area contributed by atoms with E-state index < -0.39 is 9.05 Å². The molecule has 1 rings (SSSR count). The first-order valence-electron chi connectivity index (χ1n) is 5.67. The molecule has 0 spiro atoms. The van der Waals surface area contributed by atoms with Gasteiger partial charge in [-0.2, -0.15) is 0 Å². The van der Waals surface area contributed by atoms with Gasteiger partial charge in [-0.3, -0.25) is 4.79 Å². The topological polar surface area (TPSA) is 103 Å². The molecule has 0 aliphatic heterocycles. The molecule has 0 atom stereocenters. The van der Waals surface area contributed by atoms with E-state index in [0.29, 0.717) is 25.1 Å². The molecule has 0 aromatic heterocycles. The second kappa shape index (κ2) is 7.14. The van der Waals surface area contributed by atoms with Gasteiger partial charge in [-0.1, -0.05) is 5.11 Å². The molecule has 20 heavy (non-hydrogen) atoms. The Kier molecular flexibility index (Phi) is 5.82. The van der Waals surface area contributed by atoms with Crippen molar-refractivity contribution in [3.63, 3.8) is 0 Å². The van der Waals surface area contributed by atoms with Gasteiger partial charge < -0.3 is 4.90 Å². The predicted octanol–water partition coefficient (Wildman–Crippen LogP) is 2.39. The molecule has 0 aliphatic rings. The van der Waals surface area contributed by atoms with Crippen molar-refractivity contribution in [2.75, 3.05) is 20.1 Å². The summed E-state index contributed by atoms with van der Waals surface area (Å²) in [6.07, 6.45) is 0.556. The zero-order valence-corrected chi connectivity index (χ0v) is 12.3. The Labute approximate surface area is 121 Å². The third-order valence-corrected chi connectivity index (χ3v) is 3.91. The van der Waals surface area contributed by atoms with Crippen LogP contribution in [0.25, 0.3) is 10.4 Å². The summed E-state index contributed by atoms with van der Waals surface area (Å²) >= 11 is 0. The number of nitrogens with zero attached hydrogens (tertiary/aromatic N) is 4. The largest absolute Gasteiger partial charge is 0.342 e. The van der Waals surface area contributed by atoms with E-state index in [1.807, 2.05) is 0 Å². The maximum Gasteiger partial charge on any atom is 0.261 e. The number of halogens is 1. The molecule has 0 heterocycles. The summed E-state index contributed by atoms with van der Waals surface area (Å²) in [7, 11) is 3.02. The molecule has 0 N–H and O–H groups in total. The summed E-state index contributed by atoms with van der Waals surface area (Å²) in [5.41, 5.74) is 8.49. The molecular weight excluding hydrogens is 304 g/mol. The van der Waals surface area contributed by atoms with Crippen molar-refractivity contribution in [3.8, 4) is 0 Å². The zero-order valence-electron chi connectivity index (χ0n) is 10.7.